The van der Waals surface area contributed by atoms with Crippen LogP contribution in [0.5, 0.6) is 11.5 Å². The third-order valence-corrected chi connectivity index (χ3v) is 5.28. The molecule has 14 heteroatoms. The van der Waals surface area contributed by atoms with Crippen LogP contribution in [0.25, 0.3) is 11.1 Å². The fraction of sp³-hybridized carbons (Fsp3) is 0.0870. The van der Waals surface area contributed by atoms with E-state index in [4.69, 9.17) is 33.2 Å². The first-order valence-electron chi connectivity index (χ1n) is 10.0. The summed E-state index contributed by atoms with van der Waals surface area (Å²) in [6.45, 7) is -0.438. The molecule has 0 fully saturated rings. The molecule has 0 aliphatic carbocycles. The molecule has 4 aromatic rings. The summed E-state index contributed by atoms with van der Waals surface area (Å²) in [5, 5.41) is 15.1. The number of nitriles is 1. The zero-order valence-electron chi connectivity index (χ0n) is 18.1. The van der Waals surface area contributed by atoms with E-state index in [1.807, 2.05) is 0 Å². The van der Waals surface area contributed by atoms with E-state index in [-0.39, 0.29) is 38.2 Å². The number of aromatic amines is 1. The van der Waals surface area contributed by atoms with Gasteiger partial charge >= 0.3 is 6.18 Å². The first-order chi connectivity index (χ1) is 17.4. The summed E-state index contributed by atoms with van der Waals surface area (Å²) in [7, 11) is 0. The van der Waals surface area contributed by atoms with Crippen LogP contribution in [0, 0.1) is 17.1 Å². The van der Waals surface area contributed by atoms with Crippen LogP contribution >= 0.6 is 23.2 Å². The van der Waals surface area contributed by atoms with Crippen molar-refractivity contribution in [2.45, 2.75) is 12.7 Å². The lowest BCUT2D eigenvalue weighted by molar-refractivity contribution is -0.142. The number of benzene rings is 2. The Bertz CT molecular complexity index is 1660. The molecule has 0 unspecified atom stereocenters. The summed E-state index contributed by atoms with van der Waals surface area (Å²) < 4.78 is 60.6. The maximum atomic E-state index is 13.8. The Labute approximate surface area is 214 Å². The number of halogens is 6. The molecule has 0 radical (unpaired) electrons. The molecule has 2 aromatic heterocycles. The second-order valence-corrected chi connectivity index (χ2v) is 8.38. The highest BCUT2D eigenvalue weighted by Crippen LogP contribution is 2.35. The molecule has 0 aliphatic heterocycles. The SMILES string of the molecule is N#Cc1cc(Cl)cc(Oc2c(C(F)(F)F)ncn(Cc3cc(-c4cc(F)cc(Cl)c4)c(=O)[nH]n3)c2=O)c1. The van der Waals surface area contributed by atoms with Crippen molar-refractivity contribution in [1.29, 1.82) is 5.26 Å². The van der Waals surface area contributed by atoms with Crippen molar-refractivity contribution in [2.24, 2.45) is 0 Å². The number of aromatic nitrogens is 4. The number of hydrogen-bond acceptors (Lipinski definition) is 6. The topological polar surface area (TPSA) is 114 Å². The summed E-state index contributed by atoms with van der Waals surface area (Å²) in [5.41, 5.74) is -3.44. The van der Waals surface area contributed by atoms with E-state index >= 15 is 0 Å². The van der Waals surface area contributed by atoms with Gasteiger partial charge in [0, 0.05) is 10.0 Å². The summed E-state index contributed by atoms with van der Waals surface area (Å²) in [4.78, 5) is 28.6. The van der Waals surface area contributed by atoms with E-state index in [1.54, 1.807) is 6.07 Å². The molecule has 1 N–H and O–H groups in total. The third-order valence-electron chi connectivity index (χ3n) is 4.85. The molecule has 188 valence electrons. The van der Waals surface area contributed by atoms with E-state index < -0.39 is 41.1 Å². The van der Waals surface area contributed by atoms with Gasteiger partial charge in [0.1, 0.15) is 11.6 Å². The monoisotopic (exact) mass is 551 g/mol. The number of ether oxygens (including phenoxy) is 1. The van der Waals surface area contributed by atoms with Crippen molar-refractivity contribution >= 4 is 23.2 Å². The fourth-order valence-electron chi connectivity index (χ4n) is 3.31. The van der Waals surface area contributed by atoms with Crippen molar-refractivity contribution in [3.63, 3.8) is 0 Å². The lowest BCUT2D eigenvalue weighted by Crippen LogP contribution is -2.27. The second-order valence-electron chi connectivity index (χ2n) is 7.50. The molecular formula is C23H11Cl2F4N5O3. The largest absolute Gasteiger partial charge is 0.449 e. The average Bonchev–Trinajstić information content (AvgIpc) is 2.81. The van der Waals surface area contributed by atoms with Crippen molar-refractivity contribution in [1.82, 2.24) is 19.7 Å². The van der Waals surface area contributed by atoms with Crippen LogP contribution in [0.15, 0.2) is 58.4 Å². The zero-order chi connectivity index (χ0) is 26.9. The summed E-state index contributed by atoms with van der Waals surface area (Å²) in [6.07, 6.45) is -4.41. The molecular weight excluding hydrogens is 541 g/mol. The number of alkyl halides is 3. The van der Waals surface area contributed by atoms with Crippen LogP contribution < -0.4 is 15.9 Å². The number of H-pyrrole nitrogens is 1. The van der Waals surface area contributed by atoms with Gasteiger partial charge in [-0.1, -0.05) is 23.2 Å². The Morgan fingerprint density at radius 3 is 2.46 bits per heavy atom. The van der Waals surface area contributed by atoms with Crippen LogP contribution in [-0.2, 0) is 12.7 Å². The standard InChI is InChI=1S/C23H11Cl2F4N5O3/c24-13-1-11(8-30)2-17(6-13)37-19-20(23(27,28)29)31-10-34(22(19)36)9-16-7-18(21(35)33-32-16)12-3-14(25)5-15(26)4-12/h1-7,10H,9H2,(H,33,35). The van der Waals surface area contributed by atoms with Crippen molar-refractivity contribution in [3.8, 4) is 28.7 Å². The molecule has 0 saturated heterocycles. The number of hydrogen-bond donors (Lipinski definition) is 1. The average molecular weight is 552 g/mol. The predicted molar refractivity (Wildman–Crippen MR) is 124 cm³/mol. The fourth-order valence-corrected chi connectivity index (χ4v) is 3.75. The zero-order valence-corrected chi connectivity index (χ0v) is 19.6. The van der Waals surface area contributed by atoms with E-state index in [9.17, 15) is 27.2 Å². The second kappa shape index (κ2) is 10.0. The van der Waals surface area contributed by atoms with E-state index in [0.29, 0.717) is 6.33 Å². The molecule has 2 heterocycles. The highest BCUT2D eigenvalue weighted by atomic mass is 35.5. The van der Waals surface area contributed by atoms with E-state index in [2.05, 4.69) is 15.2 Å². The Balaban J connectivity index is 1.77. The van der Waals surface area contributed by atoms with Crippen molar-refractivity contribution < 1.29 is 22.3 Å². The van der Waals surface area contributed by atoms with E-state index in [1.165, 1.54) is 18.2 Å². The Morgan fingerprint density at radius 2 is 1.78 bits per heavy atom. The summed E-state index contributed by atoms with van der Waals surface area (Å²) in [6, 6.07) is 9.90. The van der Waals surface area contributed by atoms with Gasteiger partial charge in [0.05, 0.1) is 35.8 Å². The van der Waals surface area contributed by atoms with E-state index in [0.717, 1.165) is 28.8 Å². The minimum atomic E-state index is -5.05. The van der Waals surface area contributed by atoms with Gasteiger partial charge in [-0.15, -0.1) is 0 Å². The Morgan fingerprint density at radius 1 is 1.05 bits per heavy atom. The minimum absolute atomic E-state index is 0.00533. The first-order valence-corrected chi connectivity index (χ1v) is 10.8. The number of nitrogens with one attached hydrogen (secondary N) is 1. The van der Waals surface area contributed by atoms with Gasteiger partial charge in [0.25, 0.3) is 11.1 Å². The van der Waals surface area contributed by atoms with Crippen LogP contribution in [-0.4, -0.2) is 19.7 Å². The van der Waals surface area contributed by atoms with Crippen LogP contribution in [0.3, 0.4) is 0 Å². The number of rotatable bonds is 5. The van der Waals surface area contributed by atoms with Gasteiger partial charge in [-0.05, 0) is 48.0 Å². The van der Waals surface area contributed by atoms with Gasteiger partial charge in [-0.25, -0.2) is 14.5 Å². The van der Waals surface area contributed by atoms with Gasteiger partial charge in [0.15, 0.2) is 5.69 Å². The Hall–Kier alpha value is -4.21. The molecule has 37 heavy (non-hydrogen) atoms. The van der Waals surface area contributed by atoms with Crippen LogP contribution in [0.1, 0.15) is 17.0 Å². The molecule has 0 aliphatic rings. The first kappa shape index (κ1) is 25.9. The van der Waals surface area contributed by atoms with Crippen LogP contribution in [0.2, 0.25) is 10.0 Å². The minimum Gasteiger partial charge on any atom is -0.449 e. The lowest BCUT2D eigenvalue weighted by atomic mass is 10.1. The molecule has 8 nitrogen and oxygen atoms in total. The molecule has 0 spiro atoms. The molecule has 0 atom stereocenters. The molecule has 2 aromatic carbocycles. The van der Waals surface area contributed by atoms with Crippen molar-refractivity contribution in [3.05, 3.63) is 102 Å². The smallest absolute Gasteiger partial charge is 0.437 e. The quantitative estimate of drug-likeness (QED) is 0.342. The van der Waals surface area contributed by atoms with Crippen molar-refractivity contribution in [2.75, 3.05) is 0 Å². The third kappa shape index (κ3) is 5.79. The number of nitrogens with zero attached hydrogens (tertiary/aromatic N) is 4. The van der Waals surface area contributed by atoms with Gasteiger partial charge in [0.2, 0.25) is 5.75 Å². The summed E-state index contributed by atoms with van der Waals surface area (Å²) in [5.74, 6) is -2.16. The van der Waals surface area contributed by atoms with Crippen LogP contribution in [0.4, 0.5) is 17.6 Å². The van der Waals surface area contributed by atoms with Gasteiger partial charge in [-0.2, -0.15) is 23.5 Å². The highest BCUT2D eigenvalue weighted by Gasteiger charge is 2.38. The van der Waals surface area contributed by atoms with Gasteiger partial charge in [-0.3, -0.25) is 14.2 Å². The normalized spacial score (nSPS) is 11.3. The Kier molecular flexibility index (Phi) is 7.02. The molecule has 0 saturated carbocycles. The maximum Gasteiger partial charge on any atom is 0.437 e. The van der Waals surface area contributed by atoms with Gasteiger partial charge < -0.3 is 4.74 Å². The predicted octanol–water partition coefficient (Wildman–Crippen LogP) is 5.17. The maximum absolute atomic E-state index is 13.8. The highest BCUT2D eigenvalue weighted by molar-refractivity contribution is 6.31. The molecule has 0 bridgehead atoms. The molecule has 0 amide bonds. The lowest BCUT2D eigenvalue weighted by Gasteiger charge is -2.15. The molecule has 4 rings (SSSR count). The summed E-state index contributed by atoms with van der Waals surface area (Å²) >= 11 is 11.7.